The topological polar surface area (TPSA) is 210 Å². The monoisotopic (exact) mass is 922 g/mol. The van der Waals surface area contributed by atoms with Gasteiger partial charge in [-0.15, -0.1) is 0 Å². The molecule has 67 heavy (non-hydrogen) atoms. The summed E-state index contributed by atoms with van der Waals surface area (Å²) in [6.45, 7) is 0.000350. The summed E-state index contributed by atoms with van der Waals surface area (Å²) in [4.78, 5) is 53.5. The summed E-state index contributed by atoms with van der Waals surface area (Å²) in [6, 6.07) is 33.4. The molecule has 2 aliphatic heterocycles. The second-order valence-electron chi connectivity index (χ2n) is 17.2. The van der Waals surface area contributed by atoms with E-state index in [0.29, 0.717) is 25.7 Å². The number of hydrogen-bond acceptors (Lipinski definition) is 13. The van der Waals surface area contributed by atoms with Crippen molar-refractivity contribution in [2.75, 3.05) is 6.54 Å². The Bertz CT molecular complexity index is 2200. The van der Waals surface area contributed by atoms with Gasteiger partial charge in [-0.1, -0.05) is 128 Å². The van der Waals surface area contributed by atoms with Gasteiger partial charge < -0.3 is 64.3 Å². The van der Waals surface area contributed by atoms with E-state index in [0.717, 1.165) is 41.5 Å². The predicted molar refractivity (Wildman–Crippen MR) is 240 cm³/mol. The lowest BCUT2D eigenvalue weighted by Gasteiger charge is -2.47. The molecule has 5 N–H and O–H groups in total. The van der Waals surface area contributed by atoms with Crippen molar-refractivity contribution in [3.05, 3.63) is 144 Å². The second kappa shape index (κ2) is 23.0. The van der Waals surface area contributed by atoms with Crippen molar-refractivity contribution in [2.24, 2.45) is 0 Å². The maximum absolute atomic E-state index is 13.7. The van der Waals surface area contributed by atoms with Gasteiger partial charge in [0.05, 0.1) is 30.3 Å². The molecule has 0 aromatic heterocycles. The number of benzene rings is 4. The lowest BCUT2D eigenvalue weighted by atomic mass is 9.81. The molecule has 0 bridgehead atoms. The molecular weight excluding hydrogens is 865 g/mol. The molecule has 4 fully saturated rings. The van der Waals surface area contributed by atoms with Crippen LogP contribution < -0.4 is 21.3 Å². The molecule has 4 aromatic rings. The Morgan fingerprint density at radius 2 is 1.00 bits per heavy atom. The van der Waals surface area contributed by atoms with Crippen LogP contribution in [0.15, 0.2) is 121 Å². The summed E-state index contributed by atoms with van der Waals surface area (Å²) in [5.41, 5.74) is 3.10. The standard InChI is InChI=1S/C50H58N4O13/c55-41-39(53-48(58)62-31-35-20-10-3-11-21-35)42(44-43(66-50(67-44)26-14-5-15-27-50)40(41)54-49(59)63-32-36-22-12-4-13-23-36)65-45-38(52-47(57)61-30-34-18-8-2-9-19-34)25-24-37(64-45)28-51-46(56)60-29-33-16-6-1-7-17-33/h1-4,6-13,16-23,37-45,55H,5,14-15,24-32H2,(H,51,56)(H,52,57)(H,53,58)(H,54,59)/t37?,38?,39-,40+,41?,42?,43-,44?,45+/m0/s1. The van der Waals surface area contributed by atoms with Crippen molar-refractivity contribution in [1.29, 1.82) is 0 Å². The molecule has 17 nitrogen and oxygen atoms in total. The van der Waals surface area contributed by atoms with E-state index in [4.69, 9.17) is 37.9 Å². The van der Waals surface area contributed by atoms with Gasteiger partial charge in [0.25, 0.3) is 0 Å². The Labute approximate surface area is 389 Å². The minimum atomic E-state index is -1.56. The summed E-state index contributed by atoms with van der Waals surface area (Å²) in [5.74, 6) is -1.08. The number of carbonyl (C=O) groups excluding carboxylic acids is 4. The van der Waals surface area contributed by atoms with Crippen LogP contribution >= 0.6 is 0 Å². The van der Waals surface area contributed by atoms with Crippen molar-refractivity contribution < 1.29 is 62.2 Å². The minimum Gasteiger partial charge on any atom is -0.445 e. The second-order valence-corrected chi connectivity index (χ2v) is 17.2. The van der Waals surface area contributed by atoms with Crippen LogP contribution in [0.3, 0.4) is 0 Å². The Hall–Kier alpha value is -6.24. The van der Waals surface area contributed by atoms with Gasteiger partial charge in [0.2, 0.25) is 0 Å². The molecule has 2 aliphatic carbocycles. The molecule has 356 valence electrons. The largest absolute Gasteiger partial charge is 0.445 e. The molecule has 17 heteroatoms. The van der Waals surface area contributed by atoms with Crippen LogP contribution in [0.2, 0.25) is 0 Å². The molecule has 2 heterocycles. The molecule has 5 unspecified atom stereocenters. The number of amides is 4. The smallest absolute Gasteiger partial charge is 0.407 e. The van der Waals surface area contributed by atoms with E-state index in [1.165, 1.54) is 0 Å². The number of aliphatic hydroxyl groups is 1. The maximum atomic E-state index is 13.7. The van der Waals surface area contributed by atoms with Crippen LogP contribution in [-0.2, 0) is 64.3 Å². The molecule has 0 radical (unpaired) electrons. The molecule has 4 amide bonds. The van der Waals surface area contributed by atoms with Crippen molar-refractivity contribution in [1.82, 2.24) is 21.3 Å². The lowest BCUT2D eigenvalue weighted by molar-refractivity contribution is -0.262. The molecule has 8 rings (SSSR count). The van der Waals surface area contributed by atoms with Crippen molar-refractivity contribution >= 4 is 24.4 Å². The minimum absolute atomic E-state index is 0.00844. The van der Waals surface area contributed by atoms with E-state index < -0.39 is 85.1 Å². The van der Waals surface area contributed by atoms with Gasteiger partial charge in [-0.25, -0.2) is 19.2 Å². The fraction of sp³-hybridized carbons (Fsp3) is 0.440. The first-order valence-electron chi connectivity index (χ1n) is 22.9. The number of carbonyl (C=O) groups is 4. The first kappa shape index (κ1) is 47.3. The lowest BCUT2D eigenvalue weighted by Crippen LogP contribution is -2.72. The third-order valence-electron chi connectivity index (χ3n) is 12.4. The maximum Gasteiger partial charge on any atom is 0.407 e. The van der Waals surface area contributed by atoms with Crippen molar-refractivity contribution in [3.63, 3.8) is 0 Å². The number of fused-ring (bicyclic) bond motifs is 1. The van der Waals surface area contributed by atoms with Crippen LogP contribution in [0, 0.1) is 0 Å². The molecule has 2 saturated carbocycles. The molecule has 4 aliphatic rings. The SMILES string of the molecule is O=C(NCC1CCC(NC(=O)OCc2ccccc2)[C@@H](OC2C3OC4(CCCCC4)O[C@H]3[C@H](NC(=O)OCc3ccccc3)C(O)[C@@H]2NC(=O)OCc2ccccc2)O1)OCc1ccccc1. The third kappa shape index (κ3) is 13.0. The number of ether oxygens (including phenoxy) is 8. The number of hydrogen-bond donors (Lipinski definition) is 5. The highest BCUT2D eigenvalue weighted by Crippen LogP contribution is 2.46. The first-order valence-corrected chi connectivity index (χ1v) is 22.9. The zero-order chi connectivity index (χ0) is 46.4. The third-order valence-corrected chi connectivity index (χ3v) is 12.4. The van der Waals surface area contributed by atoms with E-state index in [1.807, 2.05) is 109 Å². The summed E-state index contributed by atoms with van der Waals surface area (Å²) >= 11 is 0. The normalized spacial score (nSPS) is 26.3. The number of nitrogens with one attached hydrogen (secondary N) is 4. The Morgan fingerprint density at radius 3 is 1.51 bits per heavy atom. The molecule has 1 spiro atoms. The highest BCUT2D eigenvalue weighted by molar-refractivity contribution is 5.69. The van der Waals surface area contributed by atoms with Gasteiger partial charge in [0, 0.05) is 19.4 Å². The van der Waals surface area contributed by atoms with Crippen LogP contribution in [0.25, 0.3) is 0 Å². The van der Waals surface area contributed by atoms with Gasteiger partial charge in [-0.2, -0.15) is 0 Å². The van der Waals surface area contributed by atoms with Gasteiger partial charge in [-0.05, 0) is 47.9 Å². The highest BCUT2D eigenvalue weighted by Gasteiger charge is 2.62. The van der Waals surface area contributed by atoms with Crippen LogP contribution in [-0.4, -0.2) is 96.7 Å². The summed E-state index contributed by atoms with van der Waals surface area (Å²) in [6.07, 6.45) is -5.39. The number of rotatable bonds is 15. The van der Waals surface area contributed by atoms with Crippen molar-refractivity contribution in [2.45, 2.75) is 132 Å². The summed E-state index contributed by atoms with van der Waals surface area (Å²) in [5, 5.41) is 23.7. The Balaban J connectivity index is 1.05. The predicted octanol–water partition coefficient (Wildman–Crippen LogP) is 6.51. The fourth-order valence-electron chi connectivity index (χ4n) is 8.94. The van der Waals surface area contributed by atoms with Crippen LogP contribution in [0.4, 0.5) is 19.2 Å². The van der Waals surface area contributed by atoms with E-state index in [9.17, 15) is 24.3 Å². The summed E-state index contributed by atoms with van der Waals surface area (Å²) < 4.78 is 49.3. The quantitative estimate of drug-likeness (QED) is 0.0807. The van der Waals surface area contributed by atoms with Crippen molar-refractivity contribution in [3.8, 4) is 0 Å². The number of aliphatic hydroxyl groups excluding tert-OH is 1. The molecule has 4 aromatic carbocycles. The molecule has 2 saturated heterocycles. The van der Waals surface area contributed by atoms with E-state index in [2.05, 4.69) is 21.3 Å². The molecule has 9 atom stereocenters. The van der Waals surface area contributed by atoms with Gasteiger partial charge in [0.1, 0.15) is 44.7 Å². The van der Waals surface area contributed by atoms with E-state index >= 15 is 0 Å². The first-order chi connectivity index (χ1) is 32.7. The zero-order valence-corrected chi connectivity index (χ0v) is 37.1. The molecular formula is C50H58N4O13. The zero-order valence-electron chi connectivity index (χ0n) is 37.1. The summed E-state index contributed by atoms with van der Waals surface area (Å²) in [7, 11) is 0. The van der Waals surface area contributed by atoms with Gasteiger partial charge in [0.15, 0.2) is 12.1 Å². The van der Waals surface area contributed by atoms with Gasteiger partial charge >= 0.3 is 24.4 Å². The van der Waals surface area contributed by atoms with E-state index in [1.54, 1.807) is 12.1 Å². The van der Waals surface area contributed by atoms with E-state index in [-0.39, 0.29) is 33.0 Å². The van der Waals surface area contributed by atoms with Crippen LogP contribution in [0.1, 0.15) is 67.2 Å². The average Bonchev–Trinajstić information content (AvgIpc) is 3.72. The highest BCUT2D eigenvalue weighted by atomic mass is 16.8. The average molecular weight is 923 g/mol. The number of alkyl carbamates (subject to hydrolysis) is 4. The van der Waals surface area contributed by atoms with Crippen LogP contribution in [0.5, 0.6) is 0 Å². The Kier molecular flexibility index (Phi) is 16.2. The van der Waals surface area contributed by atoms with Gasteiger partial charge in [-0.3, -0.25) is 0 Å². The fourth-order valence-corrected chi connectivity index (χ4v) is 8.94. The Morgan fingerprint density at radius 1 is 0.552 bits per heavy atom.